The number of rotatable bonds is 6. The van der Waals surface area contributed by atoms with E-state index in [9.17, 15) is 0 Å². The maximum Gasteiger partial charge on any atom is 0.0829 e. The third-order valence-corrected chi connectivity index (χ3v) is 4.60. The number of nitrogens with zero attached hydrogens (tertiary/aromatic N) is 3. The van der Waals surface area contributed by atoms with Gasteiger partial charge in [0.05, 0.1) is 5.69 Å². The van der Waals surface area contributed by atoms with Crippen LogP contribution in [-0.2, 0) is 13.5 Å². The molecule has 0 bridgehead atoms. The quantitative estimate of drug-likeness (QED) is 0.858. The monoisotopic (exact) mass is 264 g/mol. The third kappa shape index (κ3) is 4.03. The second-order valence-electron chi connectivity index (χ2n) is 6.00. The normalized spacial score (nSPS) is 27.6. The summed E-state index contributed by atoms with van der Waals surface area (Å²) in [5, 5.41) is 11.9. The summed E-state index contributed by atoms with van der Waals surface area (Å²) in [4.78, 5) is 0. The fourth-order valence-electron chi connectivity index (χ4n) is 3.40. The molecule has 1 N–H and O–H groups in total. The van der Waals surface area contributed by atoms with E-state index in [4.69, 9.17) is 0 Å². The van der Waals surface area contributed by atoms with Crippen molar-refractivity contribution in [2.24, 2.45) is 24.8 Å². The van der Waals surface area contributed by atoms with Gasteiger partial charge < -0.3 is 5.32 Å². The Hall–Kier alpha value is -0.900. The van der Waals surface area contributed by atoms with Crippen molar-refractivity contribution >= 4 is 0 Å². The number of aryl methyl sites for hydroxylation is 1. The molecule has 108 valence electrons. The fourth-order valence-corrected chi connectivity index (χ4v) is 3.40. The Bertz CT molecular complexity index is 374. The largest absolute Gasteiger partial charge is 0.317 e. The van der Waals surface area contributed by atoms with Gasteiger partial charge in [-0.1, -0.05) is 31.9 Å². The van der Waals surface area contributed by atoms with Crippen molar-refractivity contribution in [1.82, 2.24) is 20.3 Å². The van der Waals surface area contributed by atoms with E-state index in [1.54, 1.807) is 0 Å². The minimum Gasteiger partial charge on any atom is -0.317 e. The molecule has 1 fully saturated rings. The average Bonchev–Trinajstić information content (AvgIpc) is 2.82. The first-order valence-corrected chi connectivity index (χ1v) is 7.78. The minimum absolute atomic E-state index is 0.773. The van der Waals surface area contributed by atoms with Crippen LogP contribution >= 0.6 is 0 Å². The van der Waals surface area contributed by atoms with Crippen molar-refractivity contribution in [3.05, 3.63) is 11.9 Å². The average molecular weight is 264 g/mol. The number of hydrogen-bond acceptors (Lipinski definition) is 3. The van der Waals surface area contributed by atoms with Crippen molar-refractivity contribution < 1.29 is 0 Å². The maximum atomic E-state index is 4.27. The molecule has 0 spiro atoms. The molecule has 4 nitrogen and oxygen atoms in total. The molecule has 1 aromatic rings. The first-order valence-electron chi connectivity index (χ1n) is 7.78. The van der Waals surface area contributed by atoms with E-state index in [2.05, 4.69) is 35.7 Å². The SMILES string of the molecule is CCNCC1CCC(CC)CC1Cc1cn(C)nn1. The second-order valence-corrected chi connectivity index (χ2v) is 6.00. The summed E-state index contributed by atoms with van der Waals surface area (Å²) in [6, 6.07) is 0. The zero-order valence-electron chi connectivity index (χ0n) is 12.6. The van der Waals surface area contributed by atoms with Crippen molar-refractivity contribution in [3.63, 3.8) is 0 Å². The summed E-state index contributed by atoms with van der Waals surface area (Å²) in [5.74, 6) is 2.50. The molecule has 1 aromatic heterocycles. The molecule has 19 heavy (non-hydrogen) atoms. The summed E-state index contributed by atoms with van der Waals surface area (Å²) in [7, 11) is 1.95. The summed E-state index contributed by atoms with van der Waals surface area (Å²) in [6.45, 7) is 6.76. The van der Waals surface area contributed by atoms with Crippen LogP contribution in [0.15, 0.2) is 6.20 Å². The minimum atomic E-state index is 0.773. The van der Waals surface area contributed by atoms with Crippen molar-refractivity contribution in [2.45, 2.75) is 46.0 Å². The number of hydrogen-bond donors (Lipinski definition) is 1. The first-order chi connectivity index (χ1) is 9.22. The lowest BCUT2D eigenvalue weighted by molar-refractivity contribution is 0.171. The van der Waals surface area contributed by atoms with Gasteiger partial charge in [0.25, 0.3) is 0 Å². The first kappa shape index (κ1) is 14.5. The summed E-state index contributed by atoms with van der Waals surface area (Å²) in [5.41, 5.74) is 1.16. The Morgan fingerprint density at radius 3 is 2.79 bits per heavy atom. The van der Waals surface area contributed by atoms with Gasteiger partial charge in [0, 0.05) is 13.2 Å². The highest BCUT2D eigenvalue weighted by atomic mass is 15.4. The standard InChI is InChI=1S/C15H28N4/c1-4-12-6-7-13(10-16-5-2)14(8-12)9-15-11-19(3)18-17-15/h11-14,16H,4-10H2,1-3H3. The van der Waals surface area contributed by atoms with E-state index < -0.39 is 0 Å². The lowest BCUT2D eigenvalue weighted by Crippen LogP contribution is -2.34. The molecular formula is C15H28N4. The molecule has 3 unspecified atom stereocenters. The molecule has 1 saturated carbocycles. The van der Waals surface area contributed by atoms with Gasteiger partial charge in [-0.2, -0.15) is 0 Å². The molecule has 0 amide bonds. The summed E-state index contributed by atoms with van der Waals surface area (Å²) >= 11 is 0. The molecule has 0 aromatic carbocycles. The van der Waals surface area contributed by atoms with E-state index in [0.717, 1.165) is 43.0 Å². The number of nitrogens with one attached hydrogen (secondary N) is 1. The van der Waals surface area contributed by atoms with Gasteiger partial charge in [0.2, 0.25) is 0 Å². The Labute approximate surface area is 117 Å². The van der Waals surface area contributed by atoms with E-state index in [0.29, 0.717) is 0 Å². The zero-order valence-corrected chi connectivity index (χ0v) is 12.6. The predicted molar refractivity (Wildman–Crippen MR) is 77.9 cm³/mol. The van der Waals surface area contributed by atoms with Gasteiger partial charge >= 0.3 is 0 Å². The molecule has 3 atom stereocenters. The van der Waals surface area contributed by atoms with E-state index in [-0.39, 0.29) is 0 Å². The Kier molecular flexibility index (Phi) is 5.37. The van der Waals surface area contributed by atoms with Crippen LogP contribution in [0, 0.1) is 17.8 Å². The Morgan fingerprint density at radius 1 is 1.32 bits per heavy atom. The highest BCUT2D eigenvalue weighted by Crippen LogP contribution is 2.36. The highest BCUT2D eigenvalue weighted by Gasteiger charge is 2.30. The van der Waals surface area contributed by atoms with Gasteiger partial charge in [0.15, 0.2) is 0 Å². The molecular weight excluding hydrogens is 236 g/mol. The van der Waals surface area contributed by atoms with E-state index in [1.165, 1.54) is 25.7 Å². The van der Waals surface area contributed by atoms with Crippen LogP contribution < -0.4 is 5.32 Å². The molecule has 1 heterocycles. The van der Waals surface area contributed by atoms with Gasteiger partial charge in [0.1, 0.15) is 0 Å². The molecule has 4 heteroatoms. The second kappa shape index (κ2) is 7.04. The van der Waals surface area contributed by atoms with Crippen molar-refractivity contribution in [1.29, 1.82) is 0 Å². The van der Waals surface area contributed by atoms with Crippen molar-refractivity contribution in [3.8, 4) is 0 Å². The van der Waals surface area contributed by atoms with Crippen LogP contribution in [0.1, 0.15) is 45.2 Å². The number of aromatic nitrogens is 3. The topological polar surface area (TPSA) is 42.7 Å². The maximum absolute atomic E-state index is 4.27. The van der Waals surface area contributed by atoms with Crippen molar-refractivity contribution in [2.75, 3.05) is 13.1 Å². The molecule has 1 aliphatic rings. The third-order valence-electron chi connectivity index (χ3n) is 4.60. The van der Waals surface area contributed by atoms with Crippen LogP contribution in [0.5, 0.6) is 0 Å². The van der Waals surface area contributed by atoms with Gasteiger partial charge in [-0.3, -0.25) is 4.68 Å². The van der Waals surface area contributed by atoms with Crippen LogP contribution in [0.4, 0.5) is 0 Å². The Morgan fingerprint density at radius 2 is 2.16 bits per heavy atom. The van der Waals surface area contributed by atoms with Gasteiger partial charge in [-0.15, -0.1) is 5.10 Å². The zero-order chi connectivity index (χ0) is 13.7. The van der Waals surface area contributed by atoms with Crippen LogP contribution in [0.2, 0.25) is 0 Å². The molecule has 1 aliphatic carbocycles. The van der Waals surface area contributed by atoms with Crippen LogP contribution in [0.3, 0.4) is 0 Å². The summed E-state index contributed by atoms with van der Waals surface area (Å²) in [6.07, 6.45) is 8.63. The predicted octanol–water partition coefficient (Wildman–Crippen LogP) is 2.41. The fraction of sp³-hybridized carbons (Fsp3) is 0.867. The summed E-state index contributed by atoms with van der Waals surface area (Å²) < 4.78 is 1.81. The van der Waals surface area contributed by atoms with E-state index >= 15 is 0 Å². The molecule has 0 saturated heterocycles. The van der Waals surface area contributed by atoms with Gasteiger partial charge in [-0.05, 0) is 50.1 Å². The van der Waals surface area contributed by atoms with Crippen LogP contribution in [-0.4, -0.2) is 28.1 Å². The molecule has 0 aliphatic heterocycles. The lowest BCUT2D eigenvalue weighted by Gasteiger charge is -2.36. The van der Waals surface area contributed by atoms with E-state index in [1.807, 2.05) is 11.7 Å². The van der Waals surface area contributed by atoms with Gasteiger partial charge in [-0.25, -0.2) is 0 Å². The van der Waals surface area contributed by atoms with Crippen LogP contribution in [0.25, 0.3) is 0 Å². The Balaban J connectivity index is 1.97. The highest BCUT2D eigenvalue weighted by molar-refractivity contribution is 4.96. The molecule has 0 radical (unpaired) electrons. The smallest absolute Gasteiger partial charge is 0.0829 e. The lowest BCUT2D eigenvalue weighted by atomic mass is 9.71. The molecule has 2 rings (SSSR count).